The molecule has 144 valence electrons. The highest BCUT2D eigenvalue weighted by atomic mass is 16.6. The van der Waals surface area contributed by atoms with Crippen molar-refractivity contribution >= 4 is 18.0 Å². The molecule has 0 atom stereocenters. The van der Waals surface area contributed by atoms with Crippen molar-refractivity contribution in [2.45, 2.75) is 65.0 Å². The molecule has 0 heterocycles. The summed E-state index contributed by atoms with van der Waals surface area (Å²) in [6, 6.07) is 5.37. The van der Waals surface area contributed by atoms with Crippen LogP contribution >= 0.6 is 0 Å². The zero-order chi connectivity index (χ0) is 20.1. The molecule has 7 heteroatoms. The number of carboxylic acid groups (broad SMARTS) is 2. The smallest absolute Gasteiger partial charge is 0.409 e. The Balaban J connectivity index is 3.34. The van der Waals surface area contributed by atoms with Gasteiger partial charge in [-0.1, -0.05) is 32.0 Å². The molecule has 1 aromatic carbocycles. The van der Waals surface area contributed by atoms with E-state index in [2.05, 4.69) is 5.32 Å². The Labute approximate surface area is 153 Å². The fourth-order valence-corrected chi connectivity index (χ4v) is 2.80. The number of aryl methyl sites for hydroxylation is 1. The Bertz CT molecular complexity index is 676. The number of hydrogen-bond donors (Lipinski definition) is 3. The van der Waals surface area contributed by atoms with Crippen LogP contribution in [0.25, 0.3) is 0 Å². The summed E-state index contributed by atoms with van der Waals surface area (Å²) in [4.78, 5) is 35.8. The molecule has 7 nitrogen and oxygen atoms in total. The maximum absolute atomic E-state index is 12.1. The number of carbonyl (C=O) groups is 3. The van der Waals surface area contributed by atoms with E-state index in [1.807, 2.05) is 19.9 Å². The van der Waals surface area contributed by atoms with Crippen molar-refractivity contribution in [1.82, 2.24) is 5.32 Å². The van der Waals surface area contributed by atoms with Gasteiger partial charge >= 0.3 is 18.0 Å². The molecule has 0 aromatic heterocycles. The predicted octanol–water partition coefficient (Wildman–Crippen LogP) is 2.79. The van der Waals surface area contributed by atoms with Crippen LogP contribution in [0.5, 0.6) is 0 Å². The van der Waals surface area contributed by atoms with Crippen LogP contribution in [-0.2, 0) is 33.6 Å². The van der Waals surface area contributed by atoms with Gasteiger partial charge in [-0.25, -0.2) is 14.4 Å². The second-order valence-electron chi connectivity index (χ2n) is 7.08. The molecule has 0 radical (unpaired) electrons. The van der Waals surface area contributed by atoms with Gasteiger partial charge in [0.15, 0.2) is 0 Å². The number of alkyl carbamates (subject to hydrolysis) is 1. The van der Waals surface area contributed by atoms with Crippen molar-refractivity contribution < 1.29 is 29.3 Å². The summed E-state index contributed by atoms with van der Waals surface area (Å²) in [7, 11) is 0. The molecule has 0 aliphatic heterocycles. The lowest BCUT2D eigenvalue weighted by Crippen LogP contribution is -2.62. The summed E-state index contributed by atoms with van der Waals surface area (Å²) in [5.41, 5.74) is -0.908. The van der Waals surface area contributed by atoms with E-state index >= 15 is 0 Å². The van der Waals surface area contributed by atoms with Crippen molar-refractivity contribution in [1.29, 1.82) is 0 Å². The van der Waals surface area contributed by atoms with Crippen molar-refractivity contribution in [3.63, 3.8) is 0 Å². The Morgan fingerprint density at radius 2 is 1.54 bits per heavy atom. The predicted molar refractivity (Wildman–Crippen MR) is 96.3 cm³/mol. The standard InChI is InChI=1S/C19H27NO6/c1-6-12-9-8-10-13(14(12)7-2)11-19(15(21)22,16(23)24)20-17(25)26-18(3,4)5/h8-10H,6-7,11H2,1-5H3,(H,20,25)(H,21,22)(H,23,24). The lowest BCUT2D eigenvalue weighted by molar-refractivity contribution is -0.159. The molecular formula is C19H27NO6. The summed E-state index contributed by atoms with van der Waals surface area (Å²) < 4.78 is 5.06. The van der Waals surface area contributed by atoms with Gasteiger partial charge < -0.3 is 14.9 Å². The molecule has 0 unspecified atom stereocenters. The second-order valence-corrected chi connectivity index (χ2v) is 7.08. The van der Waals surface area contributed by atoms with Gasteiger partial charge in [-0.05, 0) is 50.3 Å². The van der Waals surface area contributed by atoms with Gasteiger partial charge in [-0.15, -0.1) is 0 Å². The van der Waals surface area contributed by atoms with Crippen LogP contribution in [0.15, 0.2) is 18.2 Å². The van der Waals surface area contributed by atoms with Gasteiger partial charge in [-0.3, -0.25) is 5.32 Å². The van der Waals surface area contributed by atoms with Gasteiger partial charge in [0, 0.05) is 6.42 Å². The van der Waals surface area contributed by atoms with Crippen molar-refractivity contribution in [3.05, 3.63) is 34.9 Å². The molecule has 3 N–H and O–H groups in total. The van der Waals surface area contributed by atoms with Gasteiger partial charge in [0.05, 0.1) is 0 Å². The number of ether oxygens (including phenoxy) is 1. The van der Waals surface area contributed by atoms with Crippen molar-refractivity contribution in [3.8, 4) is 0 Å². The van der Waals surface area contributed by atoms with Crippen LogP contribution in [0.1, 0.15) is 51.3 Å². The van der Waals surface area contributed by atoms with Crippen LogP contribution in [0.4, 0.5) is 4.79 Å². The number of carboxylic acids is 2. The van der Waals surface area contributed by atoms with Gasteiger partial charge in [0.2, 0.25) is 5.54 Å². The van der Waals surface area contributed by atoms with E-state index in [4.69, 9.17) is 4.74 Å². The van der Waals surface area contributed by atoms with Crippen molar-refractivity contribution in [2.24, 2.45) is 0 Å². The average molecular weight is 365 g/mol. The van der Waals surface area contributed by atoms with E-state index in [-0.39, 0.29) is 6.42 Å². The highest BCUT2D eigenvalue weighted by molar-refractivity contribution is 6.06. The van der Waals surface area contributed by atoms with E-state index in [0.717, 1.165) is 17.5 Å². The van der Waals surface area contributed by atoms with Gasteiger partial charge in [-0.2, -0.15) is 0 Å². The Hall–Kier alpha value is -2.57. The number of benzene rings is 1. The SMILES string of the molecule is CCc1cccc(CC(NC(=O)OC(C)(C)C)(C(=O)O)C(=O)O)c1CC. The molecular weight excluding hydrogens is 338 g/mol. The largest absolute Gasteiger partial charge is 0.479 e. The first-order valence-corrected chi connectivity index (χ1v) is 8.54. The molecule has 1 rings (SSSR count). The van der Waals surface area contributed by atoms with Crippen LogP contribution in [0.2, 0.25) is 0 Å². The Morgan fingerprint density at radius 3 is 1.96 bits per heavy atom. The van der Waals surface area contributed by atoms with Crippen LogP contribution in [0.3, 0.4) is 0 Å². The molecule has 0 fully saturated rings. The highest BCUT2D eigenvalue weighted by Crippen LogP contribution is 2.23. The zero-order valence-corrected chi connectivity index (χ0v) is 15.9. The summed E-state index contributed by atoms with van der Waals surface area (Å²) in [6.45, 7) is 8.71. The number of nitrogens with one attached hydrogen (secondary N) is 1. The maximum Gasteiger partial charge on any atom is 0.409 e. The number of amides is 1. The molecule has 0 spiro atoms. The number of hydrogen-bond acceptors (Lipinski definition) is 4. The summed E-state index contributed by atoms with van der Waals surface area (Å²) in [5.74, 6) is -3.31. The monoisotopic (exact) mass is 365 g/mol. The molecule has 1 aromatic rings. The molecule has 0 bridgehead atoms. The first kappa shape index (κ1) is 21.5. The van der Waals surface area contributed by atoms with Gasteiger partial charge in [0.25, 0.3) is 0 Å². The molecule has 0 saturated heterocycles. The van der Waals surface area contributed by atoms with E-state index in [1.165, 1.54) is 0 Å². The first-order chi connectivity index (χ1) is 12.0. The van der Waals surface area contributed by atoms with Gasteiger partial charge in [0.1, 0.15) is 5.60 Å². The van der Waals surface area contributed by atoms with E-state index in [9.17, 15) is 24.6 Å². The minimum atomic E-state index is -2.52. The normalized spacial score (nSPS) is 11.7. The fourth-order valence-electron chi connectivity index (χ4n) is 2.80. The highest BCUT2D eigenvalue weighted by Gasteiger charge is 2.49. The molecule has 26 heavy (non-hydrogen) atoms. The molecule has 1 amide bonds. The fraction of sp³-hybridized carbons (Fsp3) is 0.526. The third-order valence-electron chi connectivity index (χ3n) is 4.00. The molecule has 0 aliphatic rings. The molecule has 0 aliphatic carbocycles. The van der Waals surface area contributed by atoms with Crippen molar-refractivity contribution in [2.75, 3.05) is 0 Å². The van der Waals surface area contributed by atoms with Crippen LogP contribution < -0.4 is 5.32 Å². The second kappa shape index (κ2) is 8.21. The minimum Gasteiger partial charge on any atom is -0.479 e. The Morgan fingerprint density at radius 1 is 1.00 bits per heavy atom. The summed E-state index contributed by atoms with van der Waals surface area (Å²) >= 11 is 0. The minimum absolute atomic E-state index is 0.381. The quantitative estimate of drug-likeness (QED) is 0.641. The van der Waals surface area contributed by atoms with Crippen LogP contribution in [-0.4, -0.2) is 39.4 Å². The lowest BCUT2D eigenvalue weighted by Gasteiger charge is -2.29. The third-order valence-corrected chi connectivity index (χ3v) is 4.00. The number of rotatable bonds is 7. The third kappa shape index (κ3) is 4.97. The summed E-state index contributed by atoms with van der Waals surface area (Å²) in [5, 5.41) is 21.3. The van der Waals surface area contributed by atoms with E-state index in [1.54, 1.807) is 32.9 Å². The first-order valence-electron chi connectivity index (χ1n) is 8.54. The number of carbonyl (C=O) groups excluding carboxylic acids is 1. The van der Waals surface area contributed by atoms with E-state index in [0.29, 0.717) is 12.0 Å². The number of aliphatic carboxylic acids is 2. The molecule has 0 saturated carbocycles. The van der Waals surface area contributed by atoms with Crippen LogP contribution in [0, 0.1) is 0 Å². The maximum atomic E-state index is 12.1. The van der Waals surface area contributed by atoms with E-state index < -0.39 is 29.2 Å². The Kier molecular flexibility index (Phi) is 6.78. The summed E-state index contributed by atoms with van der Waals surface area (Å²) in [6.07, 6.45) is -0.106. The average Bonchev–Trinajstić information content (AvgIpc) is 2.51. The lowest BCUT2D eigenvalue weighted by atomic mass is 9.86. The zero-order valence-electron chi connectivity index (χ0n) is 15.9. The topological polar surface area (TPSA) is 113 Å².